The van der Waals surface area contributed by atoms with E-state index in [0.717, 1.165) is 22.5 Å². The summed E-state index contributed by atoms with van der Waals surface area (Å²) in [5.41, 5.74) is 1.16. The normalized spacial score (nSPS) is 17.8. The van der Waals surface area contributed by atoms with Crippen LogP contribution in [-0.4, -0.2) is 26.9 Å². The number of aromatic amines is 1. The number of phenolic OH excluding ortho intramolecular Hbond substituents is 1. The van der Waals surface area contributed by atoms with Crippen molar-refractivity contribution in [2.45, 2.75) is 6.04 Å². The highest BCUT2D eigenvalue weighted by molar-refractivity contribution is 6.51. The van der Waals surface area contributed by atoms with Gasteiger partial charge >= 0.3 is 0 Å². The first-order valence-corrected chi connectivity index (χ1v) is 9.98. The van der Waals surface area contributed by atoms with Crippen LogP contribution in [0.3, 0.4) is 0 Å². The minimum atomic E-state index is -1.18. The van der Waals surface area contributed by atoms with Crippen LogP contribution in [0.1, 0.15) is 17.2 Å². The molecule has 4 aromatic rings. The number of rotatable bonds is 3. The van der Waals surface area contributed by atoms with Gasteiger partial charge in [0.1, 0.15) is 11.5 Å². The molecule has 0 radical (unpaired) electrons. The number of benzene rings is 3. The Balaban J connectivity index is 1.76. The second-order valence-corrected chi connectivity index (χ2v) is 7.61. The number of aromatic hydroxyl groups is 1. The number of carbonyl (C=O) groups excluding carboxylic acids is 2. The van der Waals surface area contributed by atoms with E-state index in [1.54, 1.807) is 24.3 Å². The van der Waals surface area contributed by atoms with Crippen LogP contribution in [0.25, 0.3) is 16.7 Å². The topological polar surface area (TPSA) is 93.6 Å². The van der Waals surface area contributed by atoms with Crippen molar-refractivity contribution in [3.8, 4) is 5.75 Å². The van der Waals surface area contributed by atoms with Gasteiger partial charge < -0.3 is 15.2 Å². The number of hydrogen-bond donors (Lipinski definition) is 3. The van der Waals surface area contributed by atoms with Crippen molar-refractivity contribution < 1.29 is 28.6 Å². The van der Waals surface area contributed by atoms with Crippen molar-refractivity contribution >= 4 is 34.0 Å². The van der Waals surface area contributed by atoms with Gasteiger partial charge in [-0.15, -0.1) is 0 Å². The molecule has 0 spiro atoms. The van der Waals surface area contributed by atoms with Crippen molar-refractivity contribution in [1.82, 2.24) is 4.98 Å². The predicted octanol–water partition coefficient (Wildman–Crippen LogP) is 4.78. The average molecular weight is 446 g/mol. The van der Waals surface area contributed by atoms with Gasteiger partial charge in [-0.1, -0.05) is 30.3 Å². The number of fused-ring (bicyclic) bond motifs is 1. The molecule has 2 heterocycles. The molecule has 33 heavy (non-hydrogen) atoms. The molecule has 1 amide bonds. The van der Waals surface area contributed by atoms with E-state index in [4.69, 9.17) is 0 Å². The standard InChI is InChI=1S/C25H16F2N2O4/c26-18-10-7-14(11-19(18)27)29-22(13-5-8-15(30)9-6-13)21(24(32)25(29)33)23(31)17-12-28-20-4-2-1-3-16(17)20/h1-12,22,28,30-31H/b23-21-. The molecule has 164 valence electrons. The van der Waals surface area contributed by atoms with E-state index in [2.05, 4.69) is 4.98 Å². The highest BCUT2D eigenvalue weighted by Crippen LogP contribution is 2.43. The van der Waals surface area contributed by atoms with Gasteiger partial charge in [0.2, 0.25) is 0 Å². The lowest BCUT2D eigenvalue weighted by atomic mass is 9.95. The molecule has 1 aliphatic rings. The maximum atomic E-state index is 14.0. The van der Waals surface area contributed by atoms with Crippen LogP contribution in [-0.2, 0) is 9.59 Å². The Morgan fingerprint density at radius 3 is 2.39 bits per heavy atom. The lowest BCUT2D eigenvalue weighted by Crippen LogP contribution is -2.29. The Morgan fingerprint density at radius 1 is 0.939 bits per heavy atom. The first-order valence-electron chi connectivity index (χ1n) is 9.98. The maximum absolute atomic E-state index is 14.0. The number of phenols is 1. The third-order valence-electron chi connectivity index (χ3n) is 5.68. The number of nitrogens with zero attached hydrogens (tertiary/aromatic N) is 1. The zero-order chi connectivity index (χ0) is 23.3. The van der Waals surface area contributed by atoms with Gasteiger partial charge in [-0.3, -0.25) is 14.5 Å². The van der Waals surface area contributed by atoms with Crippen LogP contribution in [0, 0.1) is 11.6 Å². The summed E-state index contributed by atoms with van der Waals surface area (Å²) in [6, 6.07) is 14.6. The molecule has 1 atom stereocenters. The van der Waals surface area contributed by atoms with Crippen LogP contribution in [0.5, 0.6) is 5.75 Å². The van der Waals surface area contributed by atoms with E-state index in [0.29, 0.717) is 16.5 Å². The zero-order valence-electron chi connectivity index (χ0n) is 16.9. The number of para-hydroxylation sites is 1. The highest BCUT2D eigenvalue weighted by atomic mass is 19.2. The van der Waals surface area contributed by atoms with Gasteiger partial charge in [0, 0.05) is 34.4 Å². The zero-order valence-corrected chi connectivity index (χ0v) is 16.9. The number of aromatic nitrogens is 1. The molecule has 8 heteroatoms. The van der Waals surface area contributed by atoms with E-state index in [9.17, 15) is 28.6 Å². The maximum Gasteiger partial charge on any atom is 0.300 e. The first-order chi connectivity index (χ1) is 15.9. The number of ketones is 1. The summed E-state index contributed by atoms with van der Waals surface area (Å²) in [5.74, 6) is -4.71. The summed E-state index contributed by atoms with van der Waals surface area (Å²) in [6.07, 6.45) is 1.53. The molecule has 1 saturated heterocycles. The first kappa shape index (κ1) is 20.4. The van der Waals surface area contributed by atoms with E-state index in [1.807, 2.05) is 0 Å². The van der Waals surface area contributed by atoms with Crippen molar-refractivity contribution in [2.24, 2.45) is 0 Å². The molecule has 5 rings (SSSR count). The summed E-state index contributed by atoms with van der Waals surface area (Å²) in [4.78, 5) is 30.2. The van der Waals surface area contributed by atoms with E-state index >= 15 is 0 Å². The van der Waals surface area contributed by atoms with Crippen molar-refractivity contribution in [2.75, 3.05) is 4.90 Å². The second kappa shape index (κ2) is 7.59. The number of H-pyrrole nitrogens is 1. The molecule has 0 aliphatic carbocycles. The van der Waals surface area contributed by atoms with Crippen LogP contribution in [0.2, 0.25) is 0 Å². The molecule has 1 fully saturated rings. The SMILES string of the molecule is O=C1C(=O)N(c2ccc(F)c(F)c2)C(c2ccc(O)cc2)/C1=C(/O)c1c[nH]c2ccccc12. The quantitative estimate of drug-likeness (QED) is 0.240. The van der Waals surface area contributed by atoms with Gasteiger partial charge in [0.25, 0.3) is 11.7 Å². The minimum Gasteiger partial charge on any atom is -0.508 e. The van der Waals surface area contributed by atoms with E-state index < -0.39 is 35.1 Å². The van der Waals surface area contributed by atoms with Crippen LogP contribution in [0.4, 0.5) is 14.5 Å². The summed E-state index contributed by atoms with van der Waals surface area (Å²) in [6.45, 7) is 0. The number of amides is 1. The summed E-state index contributed by atoms with van der Waals surface area (Å²) in [5, 5.41) is 21.6. The Bertz CT molecular complexity index is 1460. The van der Waals surface area contributed by atoms with Crippen molar-refractivity contribution in [3.63, 3.8) is 0 Å². The number of Topliss-reactive ketones (excluding diaryl/α,β-unsaturated/α-hetero) is 1. The number of halogens is 2. The second-order valence-electron chi connectivity index (χ2n) is 7.61. The fourth-order valence-corrected chi connectivity index (χ4v) is 4.12. The highest BCUT2D eigenvalue weighted by Gasteiger charge is 2.47. The molecule has 6 nitrogen and oxygen atoms in total. The molecular formula is C25H16F2N2O4. The number of hydrogen-bond acceptors (Lipinski definition) is 4. The minimum absolute atomic E-state index is 0.0415. The third kappa shape index (κ3) is 3.23. The summed E-state index contributed by atoms with van der Waals surface area (Å²) < 4.78 is 27.5. The molecule has 1 aromatic heterocycles. The number of aliphatic hydroxyl groups is 1. The molecule has 0 saturated carbocycles. The number of carbonyl (C=O) groups is 2. The number of aliphatic hydroxyl groups excluding tert-OH is 1. The Kier molecular flexibility index (Phi) is 4.70. The van der Waals surface area contributed by atoms with Gasteiger partial charge in [-0.25, -0.2) is 8.78 Å². The molecule has 1 unspecified atom stereocenters. The van der Waals surface area contributed by atoms with Crippen molar-refractivity contribution in [1.29, 1.82) is 0 Å². The summed E-state index contributed by atoms with van der Waals surface area (Å²) >= 11 is 0. The monoisotopic (exact) mass is 446 g/mol. The van der Waals surface area contributed by atoms with Crippen LogP contribution < -0.4 is 4.90 Å². The Labute approximate surface area is 186 Å². The Hall–Kier alpha value is -4.46. The van der Waals surface area contributed by atoms with Crippen molar-refractivity contribution in [3.05, 3.63) is 101 Å². The van der Waals surface area contributed by atoms with Gasteiger partial charge in [-0.2, -0.15) is 0 Å². The molecule has 0 bridgehead atoms. The van der Waals surface area contributed by atoms with Gasteiger partial charge in [0.05, 0.1) is 11.6 Å². The van der Waals surface area contributed by atoms with E-state index in [-0.39, 0.29) is 17.0 Å². The van der Waals surface area contributed by atoms with Gasteiger partial charge in [-0.05, 0) is 35.9 Å². The molecular weight excluding hydrogens is 430 g/mol. The van der Waals surface area contributed by atoms with Crippen LogP contribution in [0.15, 0.2) is 78.5 Å². The molecule has 3 N–H and O–H groups in total. The molecule has 3 aromatic carbocycles. The molecule has 1 aliphatic heterocycles. The smallest absolute Gasteiger partial charge is 0.300 e. The fourth-order valence-electron chi connectivity index (χ4n) is 4.12. The largest absolute Gasteiger partial charge is 0.508 e. The lowest BCUT2D eigenvalue weighted by molar-refractivity contribution is -0.132. The lowest BCUT2D eigenvalue weighted by Gasteiger charge is -2.25. The van der Waals surface area contributed by atoms with Gasteiger partial charge in [0.15, 0.2) is 11.6 Å². The average Bonchev–Trinajstić information content (AvgIpc) is 3.35. The fraction of sp³-hybridized carbons (Fsp3) is 0.0400. The van der Waals surface area contributed by atoms with E-state index in [1.165, 1.54) is 36.5 Å². The number of anilines is 1. The summed E-state index contributed by atoms with van der Waals surface area (Å²) in [7, 11) is 0. The van der Waals surface area contributed by atoms with Crippen LogP contribution >= 0.6 is 0 Å². The number of nitrogens with one attached hydrogen (secondary N) is 1. The predicted molar refractivity (Wildman–Crippen MR) is 118 cm³/mol. The Morgan fingerprint density at radius 2 is 1.67 bits per heavy atom. The third-order valence-corrected chi connectivity index (χ3v) is 5.68.